The number of halogens is 1. The van der Waals surface area contributed by atoms with Crippen LogP contribution in [0.15, 0.2) is 71.2 Å². The lowest BCUT2D eigenvalue weighted by Crippen LogP contribution is -2.13. The van der Waals surface area contributed by atoms with Crippen molar-refractivity contribution in [1.29, 1.82) is 0 Å². The van der Waals surface area contributed by atoms with Crippen molar-refractivity contribution in [3.05, 3.63) is 82.3 Å². The van der Waals surface area contributed by atoms with Crippen molar-refractivity contribution in [2.45, 2.75) is 40.3 Å². The Hall–Kier alpha value is -2.99. The Labute approximate surface area is 204 Å². The van der Waals surface area contributed by atoms with Gasteiger partial charge in [0.1, 0.15) is 6.61 Å². The molecule has 3 aromatic rings. The Kier molecular flexibility index (Phi) is 9.19. The van der Waals surface area contributed by atoms with Gasteiger partial charge < -0.3 is 20.1 Å². The molecule has 0 aliphatic heterocycles. The van der Waals surface area contributed by atoms with E-state index in [1.165, 1.54) is 0 Å². The number of ether oxygens (including phenoxy) is 2. The molecule has 33 heavy (non-hydrogen) atoms. The van der Waals surface area contributed by atoms with Crippen LogP contribution in [0.5, 0.6) is 11.5 Å². The molecule has 0 spiro atoms. The summed E-state index contributed by atoms with van der Waals surface area (Å²) in [5.74, 6) is 1.75. The lowest BCUT2D eigenvalue weighted by Gasteiger charge is -2.16. The van der Waals surface area contributed by atoms with E-state index >= 15 is 0 Å². The van der Waals surface area contributed by atoms with Gasteiger partial charge in [0.05, 0.1) is 11.1 Å². The zero-order valence-corrected chi connectivity index (χ0v) is 20.9. The monoisotopic (exact) mass is 510 g/mol. The second-order valence-corrected chi connectivity index (χ2v) is 9.05. The Morgan fingerprint density at radius 3 is 2.42 bits per heavy atom. The van der Waals surface area contributed by atoms with E-state index in [1.807, 2.05) is 87.5 Å². The van der Waals surface area contributed by atoms with Gasteiger partial charge in [-0.1, -0.05) is 50.2 Å². The lowest BCUT2D eigenvalue weighted by molar-refractivity contribution is -0.116. The molecule has 0 fully saturated rings. The van der Waals surface area contributed by atoms with Crippen LogP contribution in [0.3, 0.4) is 0 Å². The number of benzene rings is 3. The molecular formula is C27H31BrN2O3. The maximum Gasteiger partial charge on any atom is 0.224 e. The van der Waals surface area contributed by atoms with E-state index in [2.05, 4.69) is 26.6 Å². The summed E-state index contributed by atoms with van der Waals surface area (Å²) in [7, 11) is 0. The fourth-order valence-electron chi connectivity index (χ4n) is 3.35. The SMILES string of the molecule is CCOc1cc(CNc2cccc(NC(=O)CC(C)C)c2)cc(Br)c1OCc1ccccc1. The number of carbonyl (C=O) groups excluding carboxylic acids is 1. The fraction of sp³-hybridized carbons (Fsp3) is 0.296. The van der Waals surface area contributed by atoms with Gasteiger partial charge in [-0.2, -0.15) is 0 Å². The van der Waals surface area contributed by atoms with Crippen LogP contribution in [0.25, 0.3) is 0 Å². The highest BCUT2D eigenvalue weighted by atomic mass is 79.9. The average molecular weight is 511 g/mol. The molecule has 0 aliphatic rings. The van der Waals surface area contributed by atoms with Gasteiger partial charge in [-0.15, -0.1) is 0 Å². The van der Waals surface area contributed by atoms with Gasteiger partial charge in [0, 0.05) is 24.3 Å². The Morgan fingerprint density at radius 1 is 0.939 bits per heavy atom. The molecule has 5 nitrogen and oxygen atoms in total. The van der Waals surface area contributed by atoms with Crippen molar-refractivity contribution >= 4 is 33.2 Å². The number of amides is 1. The van der Waals surface area contributed by atoms with Crippen molar-refractivity contribution < 1.29 is 14.3 Å². The summed E-state index contributed by atoms with van der Waals surface area (Å²) in [6, 6.07) is 21.8. The molecule has 174 valence electrons. The molecular weight excluding hydrogens is 480 g/mol. The summed E-state index contributed by atoms with van der Waals surface area (Å²) in [4.78, 5) is 12.1. The van der Waals surface area contributed by atoms with Crippen LogP contribution < -0.4 is 20.1 Å². The minimum atomic E-state index is 0.0264. The van der Waals surface area contributed by atoms with E-state index < -0.39 is 0 Å². The van der Waals surface area contributed by atoms with Gasteiger partial charge in [0.2, 0.25) is 5.91 Å². The standard InChI is InChI=1S/C27H31BrN2O3/c1-4-32-25-15-21(14-24(28)27(25)33-18-20-9-6-5-7-10-20)17-29-22-11-8-12-23(16-22)30-26(31)13-19(2)3/h5-12,14-16,19,29H,4,13,17-18H2,1-3H3,(H,30,31). The molecule has 6 heteroatoms. The first-order valence-electron chi connectivity index (χ1n) is 11.2. The summed E-state index contributed by atoms with van der Waals surface area (Å²) in [6.07, 6.45) is 0.505. The molecule has 0 aromatic heterocycles. The van der Waals surface area contributed by atoms with E-state index in [4.69, 9.17) is 9.47 Å². The molecule has 2 N–H and O–H groups in total. The van der Waals surface area contributed by atoms with Crippen LogP contribution in [-0.4, -0.2) is 12.5 Å². The average Bonchev–Trinajstić information content (AvgIpc) is 2.78. The van der Waals surface area contributed by atoms with Gasteiger partial charge in [-0.25, -0.2) is 0 Å². The highest BCUT2D eigenvalue weighted by Crippen LogP contribution is 2.37. The third-order valence-electron chi connectivity index (χ3n) is 4.83. The lowest BCUT2D eigenvalue weighted by atomic mass is 10.1. The number of carbonyl (C=O) groups is 1. The Morgan fingerprint density at radius 2 is 1.70 bits per heavy atom. The van der Waals surface area contributed by atoms with Crippen molar-refractivity contribution in [2.75, 3.05) is 17.2 Å². The van der Waals surface area contributed by atoms with E-state index in [0.29, 0.717) is 43.6 Å². The quantitative estimate of drug-likeness (QED) is 0.290. The van der Waals surface area contributed by atoms with E-state index in [9.17, 15) is 4.79 Å². The molecule has 0 bridgehead atoms. The van der Waals surface area contributed by atoms with Gasteiger partial charge in [-0.3, -0.25) is 4.79 Å². The molecule has 0 saturated heterocycles. The van der Waals surface area contributed by atoms with Crippen LogP contribution in [0.1, 0.15) is 38.3 Å². The smallest absolute Gasteiger partial charge is 0.224 e. The molecule has 0 heterocycles. The highest BCUT2D eigenvalue weighted by molar-refractivity contribution is 9.10. The van der Waals surface area contributed by atoms with E-state index in [1.54, 1.807) is 0 Å². The zero-order chi connectivity index (χ0) is 23.6. The van der Waals surface area contributed by atoms with Gasteiger partial charge >= 0.3 is 0 Å². The van der Waals surface area contributed by atoms with Crippen molar-refractivity contribution in [3.8, 4) is 11.5 Å². The highest BCUT2D eigenvalue weighted by Gasteiger charge is 2.13. The van der Waals surface area contributed by atoms with Crippen LogP contribution >= 0.6 is 15.9 Å². The first-order chi connectivity index (χ1) is 15.9. The minimum absolute atomic E-state index is 0.0264. The second kappa shape index (κ2) is 12.3. The van der Waals surface area contributed by atoms with Crippen LogP contribution in [0.4, 0.5) is 11.4 Å². The Bertz CT molecular complexity index is 1050. The molecule has 0 aliphatic carbocycles. The Balaban J connectivity index is 1.67. The van der Waals surface area contributed by atoms with Crippen LogP contribution in [-0.2, 0) is 17.9 Å². The van der Waals surface area contributed by atoms with Crippen LogP contribution in [0, 0.1) is 5.92 Å². The second-order valence-electron chi connectivity index (χ2n) is 8.19. The molecule has 0 unspecified atom stereocenters. The normalized spacial score (nSPS) is 10.7. The summed E-state index contributed by atoms with van der Waals surface area (Å²) < 4.78 is 12.8. The van der Waals surface area contributed by atoms with Crippen LogP contribution in [0.2, 0.25) is 0 Å². The van der Waals surface area contributed by atoms with Crippen molar-refractivity contribution in [3.63, 3.8) is 0 Å². The summed E-state index contributed by atoms with van der Waals surface area (Å²) in [5, 5.41) is 6.38. The summed E-state index contributed by atoms with van der Waals surface area (Å²) in [6.45, 7) is 7.63. The molecule has 3 aromatic carbocycles. The predicted octanol–water partition coefficient (Wildman–Crippen LogP) is 7.02. The maximum atomic E-state index is 12.1. The molecule has 0 saturated carbocycles. The molecule has 3 rings (SSSR count). The molecule has 0 atom stereocenters. The van der Waals surface area contributed by atoms with E-state index in [0.717, 1.165) is 27.0 Å². The molecule has 1 amide bonds. The number of nitrogens with one attached hydrogen (secondary N) is 2. The largest absolute Gasteiger partial charge is 0.490 e. The number of hydrogen-bond donors (Lipinski definition) is 2. The maximum absolute atomic E-state index is 12.1. The summed E-state index contributed by atoms with van der Waals surface area (Å²) in [5.41, 5.74) is 3.85. The van der Waals surface area contributed by atoms with Gasteiger partial charge in [0.15, 0.2) is 11.5 Å². The third kappa shape index (κ3) is 7.82. The molecule has 0 radical (unpaired) electrons. The number of hydrogen-bond acceptors (Lipinski definition) is 4. The first-order valence-corrected chi connectivity index (χ1v) is 12.0. The van der Waals surface area contributed by atoms with Crippen molar-refractivity contribution in [2.24, 2.45) is 5.92 Å². The minimum Gasteiger partial charge on any atom is -0.490 e. The zero-order valence-electron chi connectivity index (χ0n) is 19.4. The van der Waals surface area contributed by atoms with Crippen molar-refractivity contribution in [1.82, 2.24) is 0 Å². The van der Waals surface area contributed by atoms with Gasteiger partial charge in [0.25, 0.3) is 0 Å². The topological polar surface area (TPSA) is 59.6 Å². The number of anilines is 2. The van der Waals surface area contributed by atoms with Gasteiger partial charge in [-0.05, 0) is 70.2 Å². The third-order valence-corrected chi connectivity index (χ3v) is 5.42. The fourth-order valence-corrected chi connectivity index (χ4v) is 3.95. The first kappa shape index (κ1) is 24.6. The predicted molar refractivity (Wildman–Crippen MR) is 138 cm³/mol. The summed E-state index contributed by atoms with van der Waals surface area (Å²) >= 11 is 3.65. The van der Waals surface area contributed by atoms with E-state index in [-0.39, 0.29) is 5.91 Å². The number of rotatable bonds is 11.